The van der Waals surface area contributed by atoms with Gasteiger partial charge >= 0.3 is 0 Å². The van der Waals surface area contributed by atoms with Crippen molar-refractivity contribution in [3.63, 3.8) is 0 Å². The van der Waals surface area contributed by atoms with Crippen LogP contribution in [0.1, 0.15) is 12.5 Å². The Morgan fingerprint density at radius 2 is 2.18 bits per heavy atom. The van der Waals surface area contributed by atoms with Crippen molar-refractivity contribution in [1.82, 2.24) is 10.2 Å². The van der Waals surface area contributed by atoms with E-state index in [1.807, 2.05) is 12.1 Å². The molecule has 1 N–H and O–H groups in total. The van der Waals surface area contributed by atoms with Crippen LogP contribution in [0.3, 0.4) is 0 Å². The van der Waals surface area contributed by atoms with E-state index < -0.39 is 0 Å². The normalized spacial score (nSPS) is 15.3. The molecule has 0 aliphatic carbocycles. The van der Waals surface area contributed by atoms with E-state index >= 15 is 0 Å². The first kappa shape index (κ1) is 12.2. The van der Waals surface area contributed by atoms with E-state index in [-0.39, 0.29) is 0 Å². The van der Waals surface area contributed by atoms with Gasteiger partial charge in [0.25, 0.3) is 0 Å². The van der Waals surface area contributed by atoms with Gasteiger partial charge in [0.15, 0.2) is 11.5 Å². The van der Waals surface area contributed by atoms with Gasteiger partial charge in [0.2, 0.25) is 6.79 Å². The summed E-state index contributed by atoms with van der Waals surface area (Å²) in [7, 11) is 4.16. The Bertz CT molecular complexity index is 380. The fourth-order valence-electron chi connectivity index (χ4n) is 2.03. The molecule has 1 heterocycles. The van der Waals surface area contributed by atoms with Gasteiger partial charge in [-0.25, -0.2) is 0 Å². The van der Waals surface area contributed by atoms with Gasteiger partial charge < -0.3 is 19.7 Å². The van der Waals surface area contributed by atoms with Crippen LogP contribution in [0.15, 0.2) is 18.2 Å². The maximum Gasteiger partial charge on any atom is 0.231 e. The topological polar surface area (TPSA) is 33.7 Å². The second kappa shape index (κ2) is 5.38. The predicted octanol–water partition coefficient (Wildman–Crippen LogP) is 1.45. The summed E-state index contributed by atoms with van der Waals surface area (Å²) in [5, 5.41) is 3.48. The third-order valence-electron chi connectivity index (χ3n) is 2.76. The number of likely N-dealkylation sites (N-methyl/N-ethyl adjacent to an activating group) is 1. The Labute approximate surface area is 103 Å². The SMILES string of the molecule is CC(CN(C)C)NCc1cccc2c1OCO2. The molecular weight excluding hydrogens is 216 g/mol. The van der Waals surface area contributed by atoms with Gasteiger partial charge in [0, 0.05) is 24.7 Å². The molecule has 0 saturated heterocycles. The first-order valence-corrected chi connectivity index (χ1v) is 5.92. The van der Waals surface area contributed by atoms with Crippen LogP contribution in [0.5, 0.6) is 11.5 Å². The molecule has 1 unspecified atom stereocenters. The highest BCUT2D eigenvalue weighted by molar-refractivity contribution is 5.48. The quantitative estimate of drug-likeness (QED) is 0.839. The summed E-state index contributed by atoms with van der Waals surface area (Å²) in [6, 6.07) is 6.46. The Kier molecular flexibility index (Phi) is 3.86. The molecule has 1 aromatic carbocycles. The smallest absolute Gasteiger partial charge is 0.231 e. The van der Waals surface area contributed by atoms with Crippen LogP contribution in [0.2, 0.25) is 0 Å². The Morgan fingerprint density at radius 3 is 2.94 bits per heavy atom. The molecule has 0 spiro atoms. The number of ether oxygens (including phenoxy) is 2. The van der Waals surface area contributed by atoms with Gasteiger partial charge in [0.1, 0.15) is 0 Å². The molecule has 0 amide bonds. The fourth-order valence-corrected chi connectivity index (χ4v) is 2.03. The molecule has 0 saturated carbocycles. The summed E-state index contributed by atoms with van der Waals surface area (Å²) in [6.45, 7) is 4.34. The van der Waals surface area contributed by atoms with Crippen molar-refractivity contribution in [3.8, 4) is 11.5 Å². The van der Waals surface area contributed by atoms with Crippen molar-refractivity contribution >= 4 is 0 Å². The highest BCUT2D eigenvalue weighted by Crippen LogP contribution is 2.35. The molecule has 4 heteroatoms. The van der Waals surface area contributed by atoms with E-state index in [0.29, 0.717) is 12.8 Å². The molecule has 0 aromatic heterocycles. The van der Waals surface area contributed by atoms with Crippen molar-refractivity contribution in [2.75, 3.05) is 27.4 Å². The Hall–Kier alpha value is -1.26. The summed E-state index contributed by atoms with van der Waals surface area (Å²) in [4.78, 5) is 2.17. The lowest BCUT2D eigenvalue weighted by molar-refractivity contribution is 0.173. The molecule has 1 aliphatic heterocycles. The minimum Gasteiger partial charge on any atom is -0.454 e. The fraction of sp³-hybridized carbons (Fsp3) is 0.538. The average molecular weight is 236 g/mol. The van der Waals surface area contributed by atoms with E-state index in [0.717, 1.165) is 30.2 Å². The molecule has 17 heavy (non-hydrogen) atoms. The molecule has 0 radical (unpaired) electrons. The van der Waals surface area contributed by atoms with Crippen LogP contribution in [-0.2, 0) is 6.54 Å². The van der Waals surface area contributed by atoms with Gasteiger partial charge in [-0.2, -0.15) is 0 Å². The van der Waals surface area contributed by atoms with E-state index in [2.05, 4.69) is 37.3 Å². The van der Waals surface area contributed by atoms with Gasteiger partial charge in [-0.05, 0) is 27.1 Å². The minimum absolute atomic E-state index is 0.333. The van der Waals surface area contributed by atoms with E-state index in [1.54, 1.807) is 0 Å². The van der Waals surface area contributed by atoms with Crippen LogP contribution < -0.4 is 14.8 Å². The van der Waals surface area contributed by atoms with Gasteiger partial charge in [-0.3, -0.25) is 0 Å². The summed E-state index contributed by atoms with van der Waals surface area (Å²) >= 11 is 0. The molecule has 0 fully saturated rings. The molecule has 1 atom stereocenters. The number of para-hydroxylation sites is 1. The highest BCUT2D eigenvalue weighted by Gasteiger charge is 2.17. The molecule has 1 aromatic rings. The second-order valence-electron chi connectivity index (χ2n) is 4.70. The lowest BCUT2D eigenvalue weighted by atomic mass is 10.1. The van der Waals surface area contributed by atoms with Crippen LogP contribution in [0.25, 0.3) is 0 Å². The van der Waals surface area contributed by atoms with Crippen molar-refractivity contribution in [1.29, 1.82) is 0 Å². The van der Waals surface area contributed by atoms with Crippen molar-refractivity contribution in [2.45, 2.75) is 19.5 Å². The number of fused-ring (bicyclic) bond motifs is 1. The Morgan fingerprint density at radius 1 is 1.35 bits per heavy atom. The molecule has 2 rings (SSSR count). The highest BCUT2D eigenvalue weighted by atomic mass is 16.7. The lowest BCUT2D eigenvalue weighted by Crippen LogP contribution is -2.35. The first-order chi connectivity index (χ1) is 8.16. The van der Waals surface area contributed by atoms with Crippen molar-refractivity contribution in [2.24, 2.45) is 0 Å². The summed E-state index contributed by atoms with van der Waals surface area (Å²) < 4.78 is 10.8. The summed E-state index contributed by atoms with van der Waals surface area (Å²) in [6.07, 6.45) is 0. The molecule has 94 valence electrons. The summed E-state index contributed by atoms with van der Waals surface area (Å²) in [5.41, 5.74) is 1.16. The maximum absolute atomic E-state index is 5.47. The number of benzene rings is 1. The second-order valence-corrected chi connectivity index (χ2v) is 4.70. The molecule has 0 bridgehead atoms. The molecule has 1 aliphatic rings. The third-order valence-corrected chi connectivity index (χ3v) is 2.76. The lowest BCUT2D eigenvalue weighted by Gasteiger charge is -2.18. The van der Waals surface area contributed by atoms with Gasteiger partial charge in [-0.15, -0.1) is 0 Å². The van der Waals surface area contributed by atoms with Crippen LogP contribution in [0.4, 0.5) is 0 Å². The van der Waals surface area contributed by atoms with Gasteiger partial charge in [0.05, 0.1) is 0 Å². The van der Waals surface area contributed by atoms with E-state index in [4.69, 9.17) is 9.47 Å². The Balaban J connectivity index is 1.93. The number of rotatable bonds is 5. The van der Waals surface area contributed by atoms with Crippen LogP contribution >= 0.6 is 0 Å². The molecule has 4 nitrogen and oxygen atoms in total. The van der Waals surface area contributed by atoms with Crippen LogP contribution in [0, 0.1) is 0 Å². The minimum atomic E-state index is 0.333. The average Bonchev–Trinajstić information content (AvgIpc) is 2.73. The number of nitrogens with zero attached hydrogens (tertiary/aromatic N) is 1. The predicted molar refractivity (Wildman–Crippen MR) is 67.4 cm³/mol. The zero-order valence-corrected chi connectivity index (χ0v) is 10.7. The van der Waals surface area contributed by atoms with Crippen molar-refractivity contribution < 1.29 is 9.47 Å². The zero-order chi connectivity index (χ0) is 12.3. The van der Waals surface area contributed by atoms with Crippen LogP contribution in [-0.4, -0.2) is 38.4 Å². The summed E-state index contributed by atoms with van der Waals surface area (Å²) in [5.74, 6) is 1.74. The zero-order valence-electron chi connectivity index (χ0n) is 10.7. The third kappa shape index (κ3) is 3.11. The van der Waals surface area contributed by atoms with E-state index in [1.165, 1.54) is 0 Å². The van der Waals surface area contributed by atoms with Crippen molar-refractivity contribution in [3.05, 3.63) is 23.8 Å². The monoisotopic (exact) mass is 236 g/mol. The maximum atomic E-state index is 5.47. The number of nitrogens with one attached hydrogen (secondary N) is 1. The van der Waals surface area contributed by atoms with E-state index in [9.17, 15) is 0 Å². The first-order valence-electron chi connectivity index (χ1n) is 5.92. The number of hydrogen-bond donors (Lipinski definition) is 1. The van der Waals surface area contributed by atoms with Gasteiger partial charge in [-0.1, -0.05) is 12.1 Å². The largest absolute Gasteiger partial charge is 0.454 e. The number of hydrogen-bond acceptors (Lipinski definition) is 4. The standard InChI is InChI=1S/C13H20N2O2/c1-10(8-15(2)3)14-7-11-5-4-6-12-13(11)17-9-16-12/h4-6,10,14H,7-9H2,1-3H3. The molecular formula is C13H20N2O2.